The van der Waals surface area contributed by atoms with Gasteiger partial charge in [0.05, 0.1) is 18.0 Å². The summed E-state index contributed by atoms with van der Waals surface area (Å²) in [4.78, 5) is 37.1. The number of aryl methyl sites for hydroxylation is 1. The van der Waals surface area contributed by atoms with E-state index in [2.05, 4.69) is 20.7 Å². The van der Waals surface area contributed by atoms with Crippen molar-refractivity contribution in [2.24, 2.45) is 0 Å². The number of sulfonamides is 1. The standard InChI is InChI=1S/C30H36N4O7S/c1-31-28(35)23-11-8-22(9-12-23)20-32-29(36)26(17-10-21-6-4-3-5-7-21)34-27(30(37)38)18-19-33-42(39,40)25-15-13-24(41-2)14-16-25/h3-9,11-16,26-27,33-34H,10,17-20H2,1-2H3,(H,31,35)(H,32,36)(H,37,38)/t26-,27-/m0/s1. The number of hydrogen-bond donors (Lipinski definition) is 5. The second kappa shape index (κ2) is 15.7. The summed E-state index contributed by atoms with van der Waals surface area (Å²) in [5.74, 6) is -1.32. The van der Waals surface area contributed by atoms with Crippen LogP contribution < -0.4 is 25.4 Å². The van der Waals surface area contributed by atoms with Crippen LogP contribution in [0.5, 0.6) is 5.75 Å². The molecule has 3 aromatic rings. The molecule has 3 rings (SSSR count). The highest BCUT2D eigenvalue weighted by Crippen LogP contribution is 2.15. The Kier molecular flexibility index (Phi) is 12.0. The van der Waals surface area contributed by atoms with Crippen molar-refractivity contribution in [1.82, 2.24) is 20.7 Å². The maximum absolute atomic E-state index is 13.2. The van der Waals surface area contributed by atoms with Crippen molar-refractivity contribution in [3.63, 3.8) is 0 Å². The van der Waals surface area contributed by atoms with E-state index in [4.69, 9.17) is 4.74 Å². The summed E-state index contributed by atoms with van der Waals surface area (Å²) in [5.41, 5.74) is 2.24. The third kappa shape index (κ3) is 9.68. The first-order valence-electron chi connectivity index (χ1n) is 13.4. The molecule has 2 atom stereocenters. The van der Waals surface area contributed by atoms with Gasteiger partial charge in [0.25, 0.3) is 5.91 Å². The van der Waals surface area contributed by atoms with Gasteiger partial charge in [-0.1, -0.05) is 42.5 Å². The number of rotatable bonds is 16. The molecule has 12 heteroatoms. The third-order valence-corrected chi connectivity index (χ3v) is 8.06. The normalized spacial score (nSPS) is 12.6. The minimum absolute atomic E-state index is 0.0200. The van der Waals surface area contributed by atoms with Crippen molar-refractivity contribution in [3.8, 4) is 5.75 Å². The third-order valence-electron chi connectivity index (χ3n) is 6.59. The Bertz CT molecular complexity index is 1430. The van der Waals surface area contributed by atoms with Crippen molar-refractivity contribution in [1.29, 1.82) is 0 Å². The van der Waals surface area contributed by atoms with E-state index < -0.39 is 34.0 Å². The van der Waals surface area contributed by atoms with E-state index in [0.717, 1.165) is 11.1 Å². The number of methoxy groups -OCH3 is 1. The Hall–Kier alpha value is -4.26. The molecular weight excluding hydrogens is 560 g/mol. The van der Waals surface area contributed by atoms with Crippen LogP contribution in [0.25, 0.3) is 0 Å². The number of nitrogens with one attached hydrogen (secondary N) is 4. The minimum atomic E-state index is -3.88. The zero-order valence-corrected chi connectivity index (χ0v) is 24.3. The van der Waals surface area contributed by atoms with Crippen molar-refractivity contribution in [2.45, 2.75) is 42.8 Å². The Labute approximate surface area is 245 Å². The number of carbonyl (C=O) groups excluding carboxylic acids is 2. The SMILES string of the molecule is CNC(=O)c1ccc(CNC(=O)[C@H](CCc2ccccc2)N[C@@H](CCNS(=O)(=O)c2ccc(OC)cc2)C(=O)O)cc1. The zero-order chi connectivity index (χ0) is 30.5. The largest absolute Gasteiger partial charge is 0.497 e. The van der Waals surface area contributed by atoms with Gasteiger partial charge in [0, 0.05) is 25.7 Å². The van der Waals surface area contributed by atoms with Gasteiger partial charge >= 0.3 is 5.97 Å². The van der Waals surface area contributed by atoms with E-state index in [1.54, 1.807) is 31.3 Å². The molecule has 11 nitrogen and oxygen atoms in total. The lowest BCUT2D eigenvalue weighted by atomic mass is 10.0. The van der Waals surface area contributed by atoms with Gasteiger partial charge in [-0.15, -0.1) is 0 Å². The van der Waals surface area contributed by atoms with Crippen LogP contribution in [0.4, 0.5) is 0 Å². The summed E-state index contributed by atoms with van der Waals surface area (Å²) < 4.78 is 32.8. The summed E-state index contributed by atoms with van der Waals surface area (Å²) >= 11 is 0. The van der Waals surface area contributed by atoms with Crippen molar-refractivity contribution < 1.29 is 32.6 Å². The number of aliphatic carboxylic acids is 1. The molecule has 3 aromatic carbocycles. The van der Waals surface area contributed by atoms with E-state index in [0.29, 0.717) is 24.2 Å². The van der Waals surface area contributed by atoms with E-state index in [1.165, 1.54) is 31.4 Å². The molecular formula is C30H36N4O7S. The average molecular weight is 597 g/mol. The highest BCUT2D eigenvalue weighted by atomic mass is 32.2. The van der Waals surface area contributed by atoms with E-state index >= 15 is 0 Å². The maximum atomic E-state index is 13.2. The predicted molar refractivity (Wildman–Crippen MR) is 158 cm³/mol. The van der Waals surface area contributed by atoms with Crippen LogP contribution in [0.2, 0.25) is 0 Å². The minimum Gasteiger partial charge on any atom is -0.497 e. The first-order valence-corrected chi connectivity index (χ1v) is 14.9. The monoisotopic (exact) mass is 596 g/mol. The van der Waals surface area contributed by atoms with Crippen molar-refractivity contribution in [2.75, 3.05) is 20.7 Å². The Morgan fingerprint density at radius 3 is 2.12 bits per heavy atom. The topological polar surface area (TPSA) is 163 Å². The van der Waals surface area contributed by atoms with Gasteiger partial charge in [-0.3, -0.25) is 19.7 Å². The first kappa shape index (κ1) is 32.3. The molecule has 0 aliphatic rings. The number of amides is 2. The average Bonchev–Trinajstić information content (AvgIpc) is 3.01. The number of carboxylic acid groups (broad SMARTS) is 1. The molecule has 0 heterocycles. The second-order valence-electron chi connectivity index (χ2n) is 9.49. The van der Waals surface area contributed by atoms with Crippen LogP contribution in [0.15, 0.2) is 83.8 Å². The molecule has 0 saturated carbocycles. The lowest BCUT2D eigenvalue weighted by Crippen LogP contribution is -2.51. The highest BCUT2D eigenvalue weighted by molar-refractivity contribution is 7.89. The molecule has 5 N–H and O–H groups in total. The van der Waals surface area contributed by atoms with Crippen LogP contribution >= 0.6 is 0 Å². The van der Waals surface area contributed by atoms with Crippen molar-refractivity contribution in [3.05, 3.63) is 95.6 Å². The molecule has 0 spiro atoms. The molecule has 0 aliphatic heterocycles. The summed E-state index contributed by atoms with van der Waals surface area (Å²) in [6.45, 7) is 0.0127. The molecule has 0 saturated heterocycles. The highest BCUT2D eigenvalue weighted by Gasteiger charge is 2.27. The number of carboxylic acids is 1. The molecule has 0 bridgehead atoms. The molecule has 0 aromatic heterocycles. The van der Waals surface area contributed by atoms with Crippen LogP contribution in [0, 0.1) is 0 Å². The zero-order valence-electron chi connectivity index (χ0n) is 23.5. The second-order valence-corrected chi connectivity index (χ2v) is 11.3. The van der Waals surface area contributed by atoms with E-state index in [1.807, 2.05) is 30.3 Å². The molecule has 0 radical (unpaired) electrons. The Morgan fingerprint density at radius 1 is 0.857 bits per heavy atom. The lowest BCUT2D eigenvalue weighted by molar-refractivity contribution is -0.140. The molecule has 0 aliphatic carbocycles. The van der Waals surface area contributed by atoms with Gasteiger partial charge in [0.15, 0.2) is 0 Å². The molecule has 42 heavy (non-hydrogen) atoms. The molecule has 224 valence electrons. The Morgan fingerprint density at radius 2 is 1.52 bits per heavy atom. The fourth-order valence-electron chi connectivity index (χ4n) is 4.17. The number of ether oxygens (including phenoxy) is 1. The van der Waals surface area contributed by atoms with Gasteiger partial charge in [0.1, 0.15) is 11.8 Å². The number of benzene rings is 3. The number of carbonyl (C=O) groups is 3. The molecule has 2 amide bonds. The van der Waals surface area contributed by atoms with E-state index in [9.17, 15) is 27.9 Å². The van der Waals surface area contributed by atoms with Crippen LogP contribution in [-0.4, -0.2) is 64.1 Å². The van der Waals surface area contributed by atoms with Gasteiger partial charge in [-0.2, -0.15) is 0 Å². The molecule has 0 fully saturated rings. The fourth-order valence-corrected chi connectivity index (χ4v) is 5.22. The van der Waals surface area contributed by atoms with Crippen molar-refractivity contribution >= 4 is 27.8 Å². The van der Waals surface area contributed by atoms with Gasteiger partial charge in [-0.25, -0.2) is 13.1 Å². The van der Waals surface area contributed by atoms with Gasteiger partial charge in [-0.05, 0) is 66.8 Å². The van der Waals surface area contributed by atoms with Gasteiger partial charge in [0.2, 0.25) is 15.9 Å². The first-order chi connectivity index (χ1) is 20.1. The summed E-state index contributed by atoms with van der Waals surface area (Å²) in [5, 5.41) is 18.2. The summed E-state index contributed by atoms with van der Waals surface area (Å²) in [7, 11) is -0.865. The molecule has 0 unspecified atom stereocenters. The quantitative estimate of drug-likeness (QED) is 0.168. The fraction of sp³-hybridized carbons (Fsp3) is 0.300. The number of hydrogen-bond acceptors (Lipinski definition) is 7. The predicted octanol–water partition coefficient (Wildman–Crippen LogP) is 2.08. The summed E-state index contributed by atoms with van der Waals surface area (Å²) in [6.07, 6.45) is 0.733. The lowest BCUT2D eigenvalue weighted by Gasteiger charge is -2.23. The van der Waals surface area contributed by atoms with Gasteiger partial charge < -0.3 is 20.5 Å². The smallest absolute Gasteiger partial charge is 0.320 e. The van der Waals surface area contributed by atoms with Crippen LogP contribution in [0.1, 0.15) is 34.3 Å². The summed E-state index contributed by atoms with van der Waals surface area (Å²) in [6, 6.07) is 20.0. The van der Waals surface area contributed by atoms with E-state index in [-0.39, 0.29) is 30.3 Å². The Balaban J connectivity index is 1.65. The maximum Gasteiger partial charge on any atom is 0.320 e. The van der Waals surface area contributed by atoms with Crippen LogP contribution in [0.3, 0.4) is 0 Å². The van der Waals surface area contributed by atoms with Crippen LogP contribution in [-0.2, 0) is 32.6 Å².